The Balaban J connectivity index is 2.46. The molecule has 0 amide bonds. The van der Waals surface area contributed by atoms with Gasteiger partial charge in [0.15, 0.2) is 0 Å². The van der Waals surface area contributed by atoms with E-state index < -0.39 is 0 Å². The molecular formula is C14H21N. The van der Waals surface area contributed by atoms with Crippen LogP contribution in [0.15, 0.2) is 24.3 Å². The molecule has 15 heavy (non-hydrogen) atoms. The van der Waals surface area contributed by atoms with Crippen LogP contribution in [-0.2, 0) is 5.54 Å². The first-order valence-electron chi connectivity index (χ1n) is 5.98. The third-order valence-electron chi connectivity index (χ3n) is 3.80. The fourth-order valence-electron chi connectivity index (χ4n) is 2.87. The Hall–Kier alpha value is -0.820. The van der Waals surface area contributed by atoms with E-state index >= 15 is 0 Å². The Morgan fingerprint density at radius 1 is 1.27 bits per heavy atom. The largest absolute Gasteiger partial charge is 0.307 e. The molecule has 1 aliphatic heterocycles. The van der Waals surface area contributed by atoms with Gasteiger partial charge in [0.2, 0.25) is 0 Å². The predicted octanol–water partition coefficient (Wildman–Crippen LogP) is 3.23. The fraction of sp³-hybridized carbons (Fsp3) is 0.571. The van der Waals surface area contributed by atoms with Crippen molar-refractivity contribution in [2.24, 2.45) is 5.92 Å². The molecule has 1 aromatic rings. The first-order valence-corrected chi connectivity index (χ1v) is 5.98. The van der Waals surface area contributed by atoms with E-state index in [1.165, 1.54) is 24.0 Å². The van der Waals surface area contributed by atoms with Crippen molar-refractivity contribution in [1.29, 1.82) is 0 Å². The Labute approximate surface area is 92.9 Å². The SMILES string of the molecule is Cc1ccccc1C1(C(C)C)CCCN1. The van der Waals surface area contributed by atoms with E-state index in [0.717, 1.165) is 6.54 Å². The van der Waals surface area contributed by atoms with E-state index in [0.29, 0.717) is 5.92 Å². The van der Waals surface area contributed by atoms with Gasteiger partial charge < -0.3 is 5.32 Å². The molecule has 0 aliphatic carbocycles. The third kappa shape index (κ3) is 1.69. The van der Waals surface area contributed by atoms with Gasteiger partial charge in [-0.15, -0.1) is 0 Å². The lowest BCUT2D eigenvalue weighted by molar-refractivity contribution is 0.276. The molecule has 1 heterocycles. The Bertz CT molecular complexity index is 335. The van der Waals surface area contributed by atoms with Crippen LogP contribution < -0.4 is 5.32 Å². The van der Waals surface area contributed by atoms with E-state index in [2.05, 4.69) is 50.4 Å². The van der Waals surface area contributed by atoms with Gasteiger partial charge in [0.1, 0.15) is 0 Å². The van der Waals surface area contributed by atoms with Crippen LogP contribution in [0.25, 0.3) is 0 Å². The van der Waals surface area contributed by atoms with Crippen molar-refractivity contribution in [2.75, 3.05) is 6.54 Å². The van der Waals surface area contributed by atoms with E-state index in [1.54, 1.807) is 0 Å². The number of rotatable bonds is 2. The number of benzene rings is 1. The zero-order valence-electron chi connectivity index (χ0n) is 10.0. The minimum atomic E-state index is 0.228. The molecule has 82 valence electrons. The van der Waals surface area contributed by atoms with Gasteiger partial charge in [0.05, 0.1) is 0 Å². The van der Waals surface area contributed by atoms with Crippen molar-refractivity contribution in [3.63, 3.8) is 0 Å². The van der Waals surface area contributed by atoms with Crippen LogP contribution in [0.4, 0.5) is 0 Å². The number of nitrogens with one attached hydrogen (secondary N) is 1. The van der Waals surface area contributed by atoms with Crippen LogP contribution in [0.2, 0.25) is 0 Å². The lowest BCUT2D eigenvalue weighted by atomic mass is 9.77. The molecule has 1 saturated heterocycles. The molecule has 1 fully saturated rings. The molecule has 1 atom stereocenters. The fourth-order valence-corrected chi connectivity index (χ4v) is 2.87. The summed E-state index contributed by atoms with van der Waals surface area (Å²) in [6.45, 7) is 8.03. The van der Waals surface area contributed by atoms with Crippen LogP contribution in [-0.4, -0.2) is 6.54 Å². The molecule has 1 aliphatic rings. The van der Waals surface area contributed by atoms with Crippen molar-refractivity contribution < 1.29 is 0 Å². The van der Waals surface area contributed by atoms with Crippen molar-refractivity contribution in [2.45, 2.75) is 39.2 Å². The molecule has 1 aromatic carbocycles. The van der Waals surface area contributed by atoms with Crippen LogP contribution in [0.3, 0.4) is 0 Å². The molecule has 0 spiro atoms. The summed E-state index contributed by atoms with van der Waals surface area (Å²) in [7, 11) is 0. The summed E-state index contributed by atoms with van der Waals surface area (Å²) < 4.78 is 0. The number of hydrogen-bond acceptors (Lipinski definition) is 1. The second kappa shape index (κ2) is 3.97. The maximum atomic E-state index is 3.73. The summed E-state index contributed by atoms with van der Waals surface area (Å²) in [5, 5.41) is 3.73. The highest BCUT2D eigenvalue weighted by Crippen LogP contribution is 2.38. The van der Waals surface area contributed by atoms with Crippen molar-refractivity contribution in [3.05, 3.63) is 35.4 Å². The Morgan fingerprint density at radius 3 is 2.53 bits per heavy atom. The van der Waals surface area contributed by atoms with Gasteiger partial charge in [-0.2, -0.15) is 0 Å². The first-order chi connectivity index (χ1) is 7.17. The zero-order valence-corrected chi connectivity index (χ0v) is 10.0. The highest BCUT2D eigenvalue weighted by Gasteiger charge is 2.38. The van der Waals surface area contributed by atoms with Crippen molar-refractivity contribution >= 4 is 0 Å². The predicted molar refractivity (Wildman–Crippen MR) is 64.9 cm³/mol. The van der Waals surface area contributed by atoms with Gasteiger partial charge in [0.25, 0.3) is 0 Å². The topological polar surface area (TPSA) is 12.0 Å². The smallest absolute Gasteiger partial charge is 0.0460 e. The lowest BCUT2D eigenvalue weighted by Gasteiger charge is -2.35. The molecule has 2 rings (SSSR count). The third-order valence-corrected chi connectivity index (χ3v) is 3.80. The molecular weight excluding hydrogens is 182 g/mol. The quantitative estimate of drug-likeness (QED) is 0.778. The monoisotopic (exact) mass is 203 g/mol. The molecule has 1 heteroatoms. The van der Waals surface area contributed by atoms with Crippen LogP contribution in [0.1, 0.15) is 37.8 Å². The van der Waals surface area contributed by atoms with E-state index in [4.69, 9.17) is 0 Å². The normalized spacial score (nSPS) is 26.1. The molecule has 0 radical (unpaired) electrons. The van der Waals surface area contributed by atoms with Gasteiger partial charge in [-0.3, -0.25) is 0 Å². The standard InChI is InChI=1S/C14H21N/c1-11(2)14(9-6-10-15-14)13-8-5-4-7-12(13)3/h4-5,7-8,11,15H,6,9-10H2,1-3H3. The summed E-state index contributed by atoms with van der Waals surface area (Å²) in [6.07, 6.45) is 2.57. The average molecular weight is 203 g/mol. The highest BCUT2D eigenvalue weighted by atomic mass is 15.0. The second-order valence-electron chi connectivity index (χ2n) is 4.97. The Morgan fingerprint density at radius 2 is 2.00 bits per heavy atom. The second-order valence-corrected chi connectivity index (χ2v) is 4.97. The van der Waals surface area contributed by atoms with Crippen molar-refractivity contribution in [1.82, 2.24) is 5.32 Å². The molecule has 1 N–H and O–H groups in total. The molecule has 0 aromatic heterocycles. The highest BCUT2D eigenvalue weighted by molar-refractivity contribution is 5.34. The van der Waals surface area contributed by atoms with Gasteiger partial charge in [-0.25, -0.2) is 0 Å². The van der Waals surface area contributed by atoms with E-state index in [-0.39, 0.29) is 5.54 Å². The van der Waals surface area contributed by atoms with Gasteiger partial charge in [-0.1, -0.05) is 38.1 Å². The van der Waals surface area contributed by atoms with Crippen molar-refractivity contribution in [3.8, 4) is 0 Å². The molecule has 1 nitrogen and oxygen atoms in total. The summed E-state index contributed by atoms with van der Waals surface area (Å²) in [5.41, 5.74) is 3.14. The minimum absolute atomic E-state index is 0.228. The number of hydrogen-bond donors (Lipinski definition) is 1. The summed E-state index contributed by atoms with van der Waals surface area (Å²) in [5.74, 6) is 0.654. The van der Waals surface area contributed by atoms with E-state index in [9.17, 15) is 0 Å². The Kier molecular flexibility index (Phi) is 2.83. The average Bonchev–Trinajstić information content (AvgIpc) is 2.68. The maximum absolute atomic E-state index is 3.73. The van der Waals surface area contributed by atoms with Gasteiger partial charge in [-0.05, 0) is 43.4 Å². The lowest BCUT2D eigenvalue weighted by Crippen LogP contribution is -2.42. The summed E-state index contributed by atoms with van der Waals surface area (Å²) in [4.78, 5) is 0. The maximum Gasteiger partial charge on any atom is 0.0460 e. The molecule has 0 saturated carbocycles. The van der Waals surface area contributed by atoms with Crippen LogP contribution >= 0.6 is 0 Å². The van der Waals surface area contributed by atoms with Crippen LogP contribution in [0, 0.1) is 12.8 Å². The zero-order chi connectivity index (χ0) is 10.9. The van der Waals surface area contributed by atoms with Gasteiger partial charge in [0, 0.05) is 5.54 Å². The van der Waals surface area contributed by atoms with Gasteiger partial charge >= 0.3 is 0 Å². The van der Waals surface area contributed by atoms with E-state index in [1.807, 2.05) is 0 Å². The van der Waals surface area contributed by atoms with Crippen LogP contribution in [0.5, 0.6) is 0 Å². The molecule has 1 unspecified atom stereocenters. The number of aryl methyl sites for hydroxylation is 1. The minimum Gasteiger partial charge on any atom is -0.307 e. The summed E-state index contributed by atoms with van der Waals surface area (Å²) in [6, 6.07) is 8.79. The first kappa shape index (κ1) is 10.7. The molecule has 0 bridgehead atoms. The summed E-state index contributed by atoms with van der Waals surface area (Å²) >= 11 is 0.